The first-order chi connectivity index (χ1) is 11.0. The van der Waals surface area contributed by atoms with Crippen LogP contribution in [0.1, 0.15) is 15.9 Å². The Labute approximate surface area is 146 Å². The van der Waals surface area contributed by atoms with Gasteiger partial charge in [0.15, 0.2) is 5.82 Å². The predicted octanol–water partition coefficient (Wildman–Crippen LogP) is 3.33. The SMILES string of the molecule is Cn1cc(C(=O)Nc2nn(Cc3ccccc3Cl)cc2Br)cn1. The Balaban J connectivity index is 1.76. The zero-order valence-electron chi connectivity index (χ0n) is 12.2. The van der Waals surface area contributed by atoms with E-state index in [0.717, 1.165) is 5.56 Å². The maximum Gasteiger partial charge on any atom is 0.260 e. The van der Waals surface area contributed by atoms with E-state index in [1.54, 1.807) is 28.8 Å². The van der Waals surface area contributed by atoms with Gasteiger partial charge in [-0.05, 0) is 27.6 Å². The summed E-state index contributed by atoms with van der Waals surface area (Å²) in [5, 5.41) is 11.8. The highest BCUT2D eigenvalue weighted by Gasteiger charge is 2.13. The van der Waals surface area contributed by atoms with Crippen molar-refractivity contribution in [1.82, 2.24) is 19.6 Å². The summed E-state index contributed by atoms with van der Waals surface area (Å²) in [5.41, 5.74) is 1.43. The monoisotopic (exact) mass is 393 g/mol. The van der Waals surface area contributed by atoms with Crippen LogP contribution in [-0.4, -0.2) is 25.5 Å². The summed E-state index contributed by atoms with van der Waals surface area (Å²) < 4.78 is 3.98. The third kappa shape index (κ3) is 3.62. The lowest BCUT2D eigenvalue weighted by atomic mass is 10.2. The summed E-state index contributed by atoms with van der Waals surface area (Å²) in [5.74, 6) is 0.188. The number of hydrogen-bond donors (Lipinski definition) is 1. The van der Waals surface area contributed by atoms with Crippen LogP contribution in [-0.2, 0) is 13.6 Å². The van der Waals surface area contributed by atoms with E-state index < -0.39 is 0 Å². The van der Waals surface area contributed by atoms with E-state index in [2.05, 4.69) is 31.4 Å². The molecule has 8 heteroatoms. The van der Waals surface area contributed by atoms with Gasteiger partial charge in [-0.1, -0.05) is 29.8 Å². The van der Waals surface area contributed by atoms with Crippen molar-refractivity contribution in [3.8, 4) is 0 Å². The molecule has 3 rings (SSSR count). The molecule has 1 N–H and O–H groups in total. The first-order valence-electron chi connectivity index (χ1n) is 6.79. The topological polar surface area (TPSA) is 64.7 Å². The van der Waals surface area contributed by atoms with E-state index >= 15 is 0 Å². The number of aromatic nitrogens is 4. The molecule has 0 spiro atoms. The van der Waals surface area contributed by atoms with Crippen molar-refractivity contribution in [1.29, 1.82) is 0 Å². The second-order valence-electron chi connectivity index (χ2n) is 4.97. The highest BCUT2D eigenvalue weighted by atomic mass is 79.9. The molecule has 0 fully saturated rings. The lowest BCUT2D eigenvalue weighted by Crippen LogP contribution is -2.12. The molecule has 1 aromatic carbocycles. The van der Waals surface area contributed by atoms with Gasteiger partial charge in [-0.2, -0.15) is 10.2 Å². The minimum Gasteiger partial charge on any atom is -0.304 e. The molecule has 0 radical (unpaired) electrons. The van der Waals surface area contributed by atoms with Crippen LogP contribution in [0.25, 0.3) is 0 Å². The number of rotatable bonds is 4. The number of benzene rings is 1. The normalized spacial score (nSPS) is 10.7. The standard InChI is InChI=1S/C15H13BrClN5O/c1-21-7-11(6-18-21)15(23)19-14-12(16)9-22(20-14)8-10-4-2-3-5-13(10)17/h2-7,9H,8H2,1H3,(H,19,20,23). The molecule has 6 nitrogen and oxygen atoms in total. The number of amides is 1. The zero-order chi connectivity index (χ0) is 16.4. The van der Waals surface area contributed by atoms with E-state index in [4.69, 9.17) is 11.6 Å². The Morgan fingerprint density at radius 2 is 2.13 bits per heavy atom. The Morgan fingerprint density at radius 1 is 1.35 bits per heavy atom. The van der Waals surface area contributed by atoms with Gasteiger partial charge in [0.2, 0.25) is 0 Å². The fraction of sp³-hybridized carbons (Fsp3) is 0.133. The van der Waals surface area contributed by atoms with Crippen molar-refractivity contribution in [3.05, 3.63) is 63.5 Å². The summed E-state index contributed by atoms with van der Waals surface area (Å²) in [6.45, 7) is 0.515. The number of carbonyl (C=O) groups is 1. The minimum absolute atomic E-state index is 0.262. The van der Waals surface area contributed by atoms with Crippen molar-refractivity contribution in [2.75, 3.05) is 5.32 Å². The highest BCUT2D eigenvalue weighted by Crippen LogP contribution is 2.23. The third-order valence-electron chi connectivity index (χ3n) is 3.21. The van der Waals surface area contributed by atoms with E-state index in [1.807, 2.05) is 24.3 Å². The summed E-state index contributed by atoms with van der Waals surface area (Å²) in [4.78, 5) is 12.1. The van der Waals surface area contributed by atoms with Crippen LogP contribution in [0.5, 0.6) is 0 Å². The number of hydrogen-bond acceptors (Lipinski definition) is 3. The number of aryl methyl sites for hydroxylation is 1. The fourth-order valence-electron chi connectivity index (χ4n) is 2.08. The molecule has 0 saturated heterocycles. The molecule has 23 heavy (non-hydrogen) atoms. The summed E-state index contributed by atoms with van der Waals surface area (Å²) in [6, 6.07) is 7.57. The first-order valence-corrected chi connectivity index (χ1v) is 7.96. The van der Waals surface area contributed by atoms with Gasteiger partial charge in [0.05, 0.1) is 22.8 Å². The molecular formula is C15H13BrClN5O. The van der Waals surface area contributed by atoms with Gasteiger partial charge in [0.1, 0.15) is 0 Å². The predicted molar refractivity (Wildman–Crippen MR) is 91.6 cm³/mol. The van der Waals surface area contributed by atoms with Crippen molar-refractivity contribution in [2.24, 2.45) is 7.05 Å². The van der Waals surface area contributed by atoms with Crippen molar-refractivity contribution < 1.29 is 4.79 Å². The number of halogens is 2. The maximum absolute atomic E-state index is 12.1. The van der Waals surface area contributed by atoms with E-state index in [9.17, 15) is 4.79 Å². The Bertz CT molecular complexity index is 857. The Hall–Kier alpha value is -2.12. The van der Waals surface area contributed by atoms with E-state index in [-0.39, 0.29) is 5.91 Å². The van der Waals surface area contributed by atoms with Crippen molar-refractivity contribution in [2.45, 2.75) is 6.54 Å². The average Bonchev–Trinajstić information content (AvgIpc) is 3.08. The second-order valence-corrected chi connectivity index (χ2v) is 6.23. The van der Waals surface area contributed by atoms with Crippen LogP contribution in [0, 0.1) is 0 Å². The Morgan fingerprint density at radius 3 is 2.83 bits per heavy atom. The first kappa shape index (κ1) is 15.8. The highest BCUT2D eigenvalue weighted by molar-refractivity contribution is 9.10. The molecule has 2 heterocycles. The summed E-state index contributed by atoms with van der Waals surface area (Å²) in [6.07, 6.45) is 4.94. The number of carbonyl (C=O) groups excluding carboxylic acids is 1. The lowest BCUT2D eigenvalue weighted by Gasteiger charge is -2.04. The second kappa shape index (κ2) is 6.55. The molecule has 118 valence electrons. The van der Waals surface area contributed by atoms with Crippen molar-refractivity contribution in [3.63, 3.8) is 0 Å². The molecule has 3 aromatic rings. The number of nitrogens with one attached hydrogen (secondary N) is 1. The van der Waals surface area contributed by atoms with Crippen LogP contribution >= 0.6 is 27.5 Å². The quantitative estimate of drug-likeness (QED) is 0.738. The average molecular weight is 395 g/mol. The van der Waals surface area contributed by atoms with Gasteiger partial charge in [-0.15, -0.1) is 0 Å². The van der Waals surface area contributed by atoms with Gasteiger partial charge in [0.25, 0.3) is 5.91 Å². The molecule has 0 aliphatic rings. The van der Waals surface area contributed by atoms with Crippen molar-refractivity contribution >= 4 is 39.3 Å². The lowest BCUT2D eigenvalue weighted by molar-refractivity contribution is 0.102. The molecule has 0 bridgehead atoms. The molecule has 2 aromatic heterocycles. The summed E-state index contributed by atoms with van der Waals surface area (Å²) >= 11 is 9.56. The van der Waals surface area contributed by atoms with Gasteiger partial charge in [0, 0.05) is 24.5 Å². The van der Waals surface area contributed by atoms with Crippen LogP contribution < -0.4 is 5.32 Å². The van der Waals surface area contributed by atoms with Gasteiger partial charge < -0.3 is 5.32 Å². The summed E-state index contributed by atoms with van der Waals surface area (Å²) in [7, 11) is 1.75. The molecule has 0 saturated carbocycles. The van der Waals surface area contributed by atoms with Gasteiger partial charge in [-0.25, -0.2) is 0 Å². The van der Waals surface area contributed by atoms with Crippen LogP contribution in [0.3, 0.4) is 0 Å². The molecule has 0 atom stereocenters. The van der Waals surface area contributed by atoms with Gasteiger partial charge >= 0.3 is 0 Å². The molecule has 0 aliphatic carbocycles. The maximum atomic E-state index is 12.1. The molecule has 0 aliphatic heterocycles. The largest absolute Gasteiger partial charge is 0.304 e. The van der Waals surface area contributed by atoms with Crippen LogP contribution in [0.15, 0.2) is 47.3 Å². The fourth-order valence-corrected chi connectivity index (χ4v) is 2.69. The molecule has 1 amide bonds. The number of anilines is 1. The zero-order valence-corrected chi connectivity index (χ0v) is 14.5. The van der Waals surface area contributed by atoms with Crippen LogP contribution in [0.2, 0.25) is 5.02 Å². The molecule has 0 unspecified atom stereocenters. The van der Waals surface area contributed by atoms with E-state index in [1.165, 1.54) is 6.20 Å². The smallest absolute Gasteiger partial charge is 0.260 e. The minimum atomic E-state index is -0.262. The van der Waals surface area contributed by atoms with E-state index in [0.29, 0.717) is 27.4 Å². The van der Waals surface area contributed by atoms with Gasteiger partial charge in [-0.3, -0.25) is 14.2 Å². The number of nitrogens with zero attached hydrogens (tertiary/aromatic N) is 4. The molecular weight excluding hydrogens is 382 g/mol. The Kier molecular flexibility index (Phi) is 4.49. The van der Waals surface area contributed by atoms with Crippen LogP contribution in [0.4, 0.5) is 5.82 Å². The third-order valence-corrected chi connectivity index (χ3v) is 4.16.